The number of carbonyl (C=O) groups is 2. The van der Waals surface area contributed by atoms with Crippen LogP contribution in [0.25, 0.3) is 0 Å². The van der Waals surface area contributed by atoms with Crippen LogP contribution in [-0.4, -0.2) is 29.5 Å². The van der Waals surface area contributed by atoms with Crippen molar-refractivity contribution in [2.24, 2.45) is 0 Å². The van der Waals surface area contributed by atoms with Crippen LogP contribution in [0.5, 0.6) is 0 Å². The highest BCUT2D eigenvalue weighted by Crippen LogP contribution is 2.33. The van der Waals surface area contributed by atoms with Gasteiger partial charge in [0.05, 0.1) is 0 Å². The molecule has 2 amide bonds. The zero-order chi connectivity index (χ0) is 16.7. The summed E-state index contributed by atoms with van der Waals surface area (Å²) in [5, 5.41) is 11.6. The van der Waals surface area contributed by atoms with E-state index in [4.69, 9.17) is 10.00 Å². The van der Waals surface area contributed by atoms with Crippen molar-refractivity contribution in [2.45, 2.75) is 44.2 Å². The Labute approximate surface area is 136 Å². The number of likely N-dealkylation sites (N-methyl/N-ethyl adjacent to an activating group) is 1. The molecular weight excluding hydrogens is 294 g/mol. The molecule has 0 radical (unpaired) electrons. The van der Waals surface area contributed by atoms with Crippen LogP contribution in [0.2, 0.25) is 0 Å². The van der Waals surface area contributed by atoms with E-state index in [1.54, 1.807) is 6.19 Å². The predicted molar refractivity (Wildman–Crippen MR) is 84.0 cm³/mol. The molecule has 1 aliphatic carbocycles. The number of nitrogens with zero attached hydrogens (tertiary/aromatic N) is 2. The van der Waals surface area contributed by atoms with E-state index in [9.17, 15) is 9.59 Å². The first-order valence-electron chi connectivity index (χ1n) is 7.76. The number of nitriles is 1. The van der Waals surface area contributed by atoms with E-state index in [0.717, 1.165) is 29.7 Å². The smallest absolute Gasteiger partial charge is 0.408 e. The van der Waals surface area contributed by atoms with Crippen LogP contribution in [0.15, 0.2) is 30.3 Å². The van der Waals surface area contributed by atoms with Crippen molar-refractivity contribution in [1.29, 1.82) is 5.26 Å². The lowest BCUT2D eigenvalue weighted by molar-refractivity contribution is -0.150. The molecule has 0 heterocycles. The minimum absolute atomic E-state index is 0.331. The minimum atomic E-state index is -1.22. The Kier molecular flexibility index (Phi) is 5.58. The third kappa shape index (κ3) is 4.22. The molecule has 0 saturated heterocycles. The average molecular weight is 315 g/mol. The summed E-state index contributed by atoms with van der Waals surface area (Å²) in [6.07, 6.45) is 4.68. The summed E-state index contributed by atoms with van der Waals surface area (Å²) in [7, 11) is 1.39. The molecule has 6 nitrogen and oxygen atoms in total. The van der Waals surface area contributed by atoms with Gasteiger partial charge in [0.1, 0.15) is 0 Å². The Morgan fingerprint density at radius 3 is 2.52 bits per heavy atom. The molecule has 6 heteroatoms. The van der Waals surface area contributed by atoms with Crippen molar-refractivity contribution >= 4 is 12.0 Å². The normalized spacial score (nSPS) is 16.0. The van der Waals surface area contributed by atoms with Crippen molar-refractivity contribution in [2.75, 3.05) is 7.05 Å². The molecular formula is C17H21N3O3. The molecule has 0 aliphatic heterocycles. The predicted octanol–water partition coefficient (Wildman–Crippen LogP) is 2.56. The number of hydrogen-bond donors (Lipinski definition) is 1. The second-order valence-corrected chi connectivity index (χ2v) is 5.75. The Bertz CT molecular complexity index is 589. The van der Waals surface area contributed by atoms with Gasteiger partial charge in [-0.25, -0.2) is 9.69 Å². The number of rotatable bonds is 4. The molecule has 0 unspecified atom stereocenters. The lowest BCUT2D eigenvalue weighted by Gasteiger charge is -2.36. The standard InChI is InChI=1S/C17H21N3O3/c1-20(13-18)15(21)17(10-6-3-7-11-17)23-16(22)19-12-14-8-4-2-5-9-14/h2,4-5,8-9H,3,6-7,10-12H2,1H3,(H,19,22). The maximum atomic E-state index is 12.5. The molecule has 1 aliphatic rings. The fourth-order valence-corrected chi connectivity index (χ4v) is 2.82. The second-order valence-electron chi connectivity index (χ2n) is 5.75. The number of nitrogens with one attached hydrogen (secondary N) is 1. The minimum Gasteiger partial charge on any atom is -0.433 e. The SMILES string of the molecule is CN(C#N)C(=O)C1(OC(=O)NCc2ccccc2)CCCCC1. The number of alkyl carbamates (subject to hydrolysis) is 1. The summed E-state index contributed by atoms with van der Waals surface area (Å²) in [6, 6.07) is 9.46. The van der Waals surface area contributed by atoms with Gasteiger partial charge in [-0.15, -0.1) is 0 Å². The topological polar surface area (TPSA) is 82.4 Å². The van der Waals surface area contributed by atoms with Crippen molar-refractivity contribution < 1.29 is 14.3 Å². The second kappa shape index (κ2) is 7.63. The van der Waals surface area contributed by atoms with Gasteiger partial charge in [-0.1, -0.05) is 36.8 Å². The molecule has 0 bridgehead atoms. The van der Waals surface area contributed by atoms with E-state index in [2.05, 4.69) is 5.32 Å². The number of hydrogen-bond acceptors (Lipinski definition) is 4. The van der Waals surface area contributed by atoms with Crippen molar-refractivity contribution in [3.63, 3.8) is 0 Å². The summed E-state index contributed by atoms with van der Waals surface area (Å²) >= 11 is 0. The van der Waals surface area contributed by atoms with Gasteiger partial charge in [0.25, 0.3) is 5.91 Å². The molecule has 1 fully saturated rings. The molecule has 2 rings (SSSR count). The van der Waals surface area contributed by atoms with Gasteiger partial charge < -0.3 is 10.1 Å². The number of amides is 2. The highest BCUT2D eigenvalue weighted by atomic mass is 16.6. The van der Waals surface area contributed by atoms with Gasteiger partial charge in [0.15, 0.2) is 11.8 Å². The fraction of sp³-hybridized carbons (Fsp3) is 0.471. The first-order valence-corrected chi connectivity index (χ1v) is 7.76. The number of benzene rings is 1. The fourth-order valence-electron chi connectivity index (χ4n) is 2.82. The van der Waals surface area contributed by atoms with Crippen molar-refractivity contribution in [3.8, 4) is 6.19 Å². The van der Waals surface area contributed by atoms with Gasteiger partial charge >= 0.3 is 6.09 Å². The van der Waals surface area contributed by atoms with E-state index in [-0.39, 0.29) is 0 Å². The molecule has 0 aromatic heterocycles. The van der Waals surface area contributed by atoms with Crippen LogP contribution < -0.4 is 5.32 Å². The largest absolute Gasteiger partial charge is 0.433 e. The Morgan fingerprint density at radius 2 is 1.91 bits per heavy atom. The maximum Gasteiger partial charge on any atom is 0.408 e. The van der Waals surface area contributed by atoms with Crippen LogP contribution in [0.1, 0.15) is 37.7 Å². The maximum absolute atomic E-state index is 12.5. The van der Waals surface area contributed by atoms with Gasteiger partial charge in [-0.3, -0.25) is 4.79 Å². The molecule has 0 spiro atoms. The van der Waals surface area contributed by atoms with E-state index in [1.807, 2.05) is 30.3 Å². The molecule has 23 heavy (non-hydrogen) atoms. The van der Waals surface area contributed by atoms with Crippen LogP contribution in [0, 0.1) is 11.5 Å². The zero-order valence-corrected chi connectivity index (χ0v) is 13.2. The lowest BCUT2D eigenvalue weighted by Crippen LogP contribution is -2.51. The van der Waals surface area contributed by atoms with Crippen LogP contribution >= 0.6 is 0 Å². The number of carbonyl (C=O) groups excluding carboxylic acids is 2. The average Bonchev–Trinajstić information content (AvgIpc) is 2.60. The van der Waals surface area contributed by atoms with Crippen LogP contribution in [0.4, 0.5) is 4.79 Å². The summed E-state index contributed by atoms with van der Waals surface area (Å²) < 4.78 is 5.49. The Morgan fingerprint density at radius 1 is 1.26 bits per heavy atom. The van der Waals surface area contributed by atoms with Crippen molar-refractivity contribution in [3.05, 3.63) is 35.9 Å². The molecule has 1 aromatic rings. The zero-order valence-electron chi connectivity index (χ0n) is 13.2. The monoisotopic (exact) mass is 315 g/mol. The van der Waals surface area contributed by atoms with E-state index >= 15 is 0 Å². The summed E-state index contributed by atoms with van der Waals surface area (Å²) in [5.41, 5.74) is -0.272. The Hall–Kier alpha value is -2.55. The van der Waals surface area contributed by atoms with E-state index < -0.39 is 17.6 Å². The van der Waals surface area contributed by atoms with Crippen LogP contribution in [0.3, 0.4) is 0 Å². The molecule has 1 aromatic carbocycles. The highest BCUT2D eigenvalue weighted by Gasteiger charge is 2.45. The van der Waals surface area contributed by atoms with Crippen LogP contribution in [-0.2, 0) is 16.1 Å². The first-order chi connectivity index (χ1) is 11.1. The van der Waals surface area contributed by atoms with Gasteiger partial charge in [-0.2, -0.15) is 5.26 Å². The Balaban J connectivity index is 2.01. The summed E-state index contributed by atoms with van der Waals surface area (Å²) in [6.45, 7) is 0.331. The summed E-state index contributed by atoms with van der Waals surface area (Å²) in [4.78, 5) is 25.5. The van der Waals surface area contributed by atoms with Gasteiger partial charge in [-0.05, 0) is 31.2 Å². The molecule has 1 saturated carbocycles. The van der Waals surface area contributed by atoms with Gasteiger partial charge in [0, 0.05) is 13.6 Å². The van der Waals surface area contributed by atoms with E-state index in [1.165, 1.54) is 7.05 Å². The third-order valence-corrected chi connectivity index (χ3v) is 4.07. The molecule has 0 atom stereocenters. The highest BCUT2D eigenvalue weighted by molar-refractivity contribution is 5.88. The quantitative estimate of drug-likeness (QED) is 0.684. The first kappa shape index (κ1) is 16.8. The number of ether oxygens (including phenoxy) is 1. The van der Waals surface area contributed by atoms with Gasteiger partial charge in [0.2, 0.25) is 0 Å². The summed E-state index contributed by atoms with van der Waals surface area (Å²) in [5.74, 6) is -0.449. The van der Waals surface area contributed by atoms with E-state index in [0.29, 0.717) is 19.4 Å². The lowest BCUT2D eigenvalue weighted by atomic mass is 9.83. The molecule has 122 valence electrons. The third-order valence-electron chi connectivity index (χ3n) is 4.07. The molecule has 1 N–H and O–H groups in total. The van der Waals surface area contributed by atoms with Crippen molar-refractivity contribution in [1.82, 2.24) is 10.2 Å².